The molecule has 1 unspecified atom stereocenters. The molecular weight excluding hydrogens is 216 g/mol. The smallest absolute Gasteiger partial charge is 0.316 e. The maximum atomic E-state index is 10.8. The number of carbonyl (C=O) groups is 1. The number of H-pyrrole nitrogens is 1. The lowest BCUT2D eigenvalue weighted by Crippen LogP contribution is -2.19. The third-order valence-electron chi connectivity index (χ3n) is 2.58. The van der Waals surface area contributed by atoms with Gasteiger partial charge >= 0.3 is 6.03 Å². The van der Waals surface area contributed by atoms with Crippen molar-refractivity contribution in [2.45, 2.75) is 19.4 Å². The molecule has 0 aliphatic carbocycles. The van der Waals surface area contributed by atoms with Gasteiger partial charge < -0.3 is 21.8 Å². The minimum Gasteiger partial charge on any atom is -0.361 e. The van der Waals surface area contributed by atoms with E-state index in [-0.39, 0.29) is 6.04 Å². The summed E-state index contributed by atoms with van der Waals surface area (Å²) in [5, 5.41) is 3.62. The summed E-state index contributed by atoms with van der Waals surface area (Å²) < 4.78 is 0. The van der Waals surface area contributed by atoms with Crippen LogP contribution in [-0.2, 0) is 6.42 Å². The number of nitrogens with two attached hydrogens (primary N) is 2. The Morgan fingerprint density at radius 1 is 1.53 bits per heavy atom. The maximum Gasteiger partial charge on any atom is 0.316 e. The van der Waals surface area contributed by atoms with Crippen molar-refractivity contribution in [1.29, 1.82) is 0 Å². The predicted molar refractivity (Wildman–Crippen MR) is 68.9 cm³/mol. The fourth-order valence-corrected chi connectivity index (χ4v) is 1.91. The van der Waals surface area contributed by atoms with Crippen molar-refractivity contribution < 1.29 is 4.79 Å². The van der Waals surface area contributed by atoms with Gasteiger partial charge in [0.05, 0.1) is 0 Å². The summed E-state index contributed by atoms with van der Waals surface area (Å²) in [5.41, 5.74) is 13.7. The largest absolute Gasteiger partial charge is 0.361 e. The fourth-order valence-electron chi connectivity index (χ4n) is 1.91. The molecular formula is C12H16N4O. The number of rotatable bonds is 3. The highest BCUT2D eigenvalue weighted by Gasteiger charge is 2.07. The van der Waals surface area contributed by atoms with Crippen LogP contribution in [0.4, 0.5) is 10.5 Å². The molecule has 0 aliphatic rings. The highest BCUT2D eigenvalue weighted by Crippen LogP contribution is 2.23. The number of benzene rings is 1. The van der Waals surface area contributed by atoms with Gasteiger partial charge in [0.25, 0.3) is 0 Å². The predicted octanol–water partition coefficient (Wildman–Crippen LogP) is 1.55. The fraction of sp³-hybridized carbons (Fsp3) is 0.250. The number of primary amides is 1. The van der Waals surface area contributed by atoms with Crippen LogP contribution in [0.3, 0.4) is 0 Å². The second kappa shape index (κ2) is 4.47. The topological polar surface area (TPSA) is 96.9 Å². The first-order valence-electron chi connectivity index (χ1n) is 5.48. The van der Waals surface area contributed by atoms with Crippen molar-refractivity contribution in [2.24, 2.45) is 11.5 Å². The Hall–Kier alpha value is -2.01. The second-order valence-electron chi connectivity index (χ2n) is 4.24. The number of amides is 2. The molecule has 5 heteroatoms. The number of carbonyl (C=O) groups excluding carboxylic acids is 1. The molecule has 1 aromatic carbocycles. The first-order valence-corrected chi connectivity index (χ1v) is 5.48. The third kappa shape index (κ3) is 2.57. The van der Waals surface area contributed by atoms with E-state index in [9.17, 15) is 4.79 Å². The van der Waals surface area contributed by atoms with Gasteiger partial charge in [0.15, 0.2) is 0 Å². The molecule has 2 rings (SSSR count). The van der Waals surface area contributed by atoms with Gasteiger partial charge in [0.2, 0.25) is 0 Å². The summed E-state index contributed by atoms with van der Waals surface area (Å²) in [6.45, 7) is 1.96. The molecule has 90 valence electrons. The van der Waals surface area contributed by atoms with E-state index in [1.165, 1.54) is 0 Å². The van der Waals surface area contributed by atoms with Crippen LogP contribution in [0.2, 0.25) is 0 Å². The molecule has 0 spiro atoms. The Morgan fingerprint density at radius 2 is 2.29 bits per heavy atom. The number of anilines is 1. The Labute approximate surface area is 99.2 Å². The van der Waals surface area contributed by atoms with Crippen LogP contribution in [0.5, 0.6) is 0 Å². The van der Waals surface area contributed by atoms with Crippen LogP contribution in [0, 0.1) is 0 Å². The quantitative estimate of drug-likeness (QED) is 0.645. The highest BCUT2D eigenvalue weighted by atomic mass is 16.2. The van der Waals surface area contributed by atoms with Gasteiger partial charge in [-0.05, 0) is 37.1 Å². The molecule has 0 aliphatic heterocycles. The molecule has 2 amide bonds. The molecule has 2 aromatic rings. The average molecular weight is 232 g/mol. The molecule has 1 aromatic heterocycles. The number of nitrogens with one attached hydrogen (secondary N) is 2. The molecule has 0 saturated carbocycles. The molecule has 0 saturated heterocycles. The van der Waals surface area contributed by atoms with Crippen molar-refractivity contribution in [1.82, 2.24) is 4.98 Å². The summed E-state index contributed by atoms with van der Waals surface area (Å²) in [7, 11) is 0. The normalized spacial score (nSPS) is 12.6. The number of hydrogen-bond donors (Lipinski definition) is 4. The molecule has 0 fully saturated rings. The molecule has 1 heterocycles. The van der Waals surface area contributed by atoms with Crippen LogP contribution >= 0.6 is 0 Å². The van der Waals surface area contributed by atoms with Crippen molar-refractivity contribution >= 4 is 22.6 Å². The minimum absolute atomic E-state index is 0.0988. The van der Waals surface area contributed by atoms with Gasteiger partial charge in [-0.25, -0.2) is 4.79 Å². The van der Waals surface area contributed by atoms with Gasteiger partial charge in [-0.1, -0.05) is 0 Å². The van der Waals surface area contributed by atoms with E-state index in [0.29, 0.717) is 5.69 Å². The van der Waals surface area contributed by atoms with E-state index in [0.717, 1.165) is 22.9 Å². The van der Waals surface area contributed by atoms with E-state index in [2.05, 4.69) is 10.3 Å². The SMILES string of the molecule is CC(N)Cc1c[nH]c2ccc(NC(N)=O)cc12. The van der Waals surface area contributed by atoms with Gasteiger partial charge in [0, 0.05) is 28.8 Å². The summed E-state index contributed by atoms with van der Waals surface area (Å²) in [6.07, 6.45) is 2.74. The van der Waals surface area contributed by atoms with E-state index >= 15 is 0 Å². The number of urea groups is 1. The lowest BCUT2D eigenvalue weighted by atomic mass is 10.1. The third-order valence-corrected chi connectivity index (χ3v) is 2.58. The number of aromatic nitrogens is 1. The molecule has 17 heavy (non-hydrogen) atoms. The maximum absolute atomic E-state index is 10.8. The van der Waals surface area contributed by atoms with Crippen molar-refractivity contribution in [3.05, 3.63) is 30.0 Å². The number of aromatic amines is 1. The van der Waals surface area contributed by atoms with Gasteiger partial charge in [-0.3, -0.25) is 0 Å². The Balaban J connectivity index is 2.39. The monoisotopic (exact) mass is 232 g/mol. The van der Waals surface area contributed by atoms with Crippen LogP contribution in [-0.4, -0.2) is 17.1 Å². The summed E-state index contributed by atoms with van der Waals surface area (Å²) >= 11 is 0. The standard InChI is InChI=1S/C12H16N4O/c1-7(13)4-8-6-15-11-3-2-9(5-10(8)11)16-12(14)17/h2-3,5-7,15H,4,13H2,1H3,(H3,14,16,17). The Bertz CT molecular complexity index is 544. The van der Waals surface area contributed by atoms with Crippen molar-refractivity contribution in [2.75, 3.05) is 5.32 Å². The van der Waals surface area contributed by atoms with Crippen molar-refractivity contribution in [3.63, 3.8) is 0 Å². The lowest BCUT2D eigenvalue weighted by Gasteiger charge is -2.05. The molecule has 6 N–H and O–H groups in total. The lowest BCUT2D eigenvalue weighted by molar-refractivity contribution is 0.259. The summed E-state index contributed by atoms with van der Waals surface area (Å²) in [6, 6.07) is 5.15. The van der Waals surface area contributed by atoms with Crippen molar-refractivity contribution in [3.8, 4) is 0 Å². The van der Waals surface area contributed by atoms with Crippen LogP contribution < -0.4 is 16.8 Å². The zero-order valence-electron chi connectivity index (χ0n) is 9.66. The first-order chi connectivity index (χ1) is 8.06. The van der Waals surface area contributed by atoms with E-state index in [4.69, 9.17) is 11.5 Å². The molecule has 0 radical (unpaired) electrons. The number of fused-ring (bicyclic) bond motifs is 1. The van der Waals surface area contributed by atoms with Crippen LogP contribution in [0.1, 0.15) is 12.5 Å². The minimum atomic E-state index is -0.561. The van der Waals surface area contributed by atoms with Crippen LogP contribution in [0.15, 0.2) is 24.4 Å². The Morgan fingerprint density at radius 3 is 2.94 bits per heavy atom. The number of hydrogen-bond acceptors (Lipinski definition) is 2. The first kappa shape index (κ1) is 11.5. The molecule has 0 bridgehead atoms. The zero-order valence-corrected chi connectivity index (χ0v) is 9.66. The van der Waals surface area contributed by atoms with Gasteiger partial charge in [0.1, 0.15) is 0 Å². The Kier molecular flexibility index (Phi) is 3.01. The highest BCUT2D eigenvalue weighted by molar-refractivity contribution is 5.93. The molecule has 1 atom stereocenters. The van der Waals surface area contributed by atoms with Gasteiger partial charge in [-0.15, -0.1) is 0 Å². The van der Waals surface area contributed by atoms with Crippen LogP contribution in [0.25, 0.3) is 10.9 Å². The van der Waals surface area contributed by atoms with E-state index in [1.54, 1.807) is 6.07 Å². The van der Waals surface area contributed by atoms with Gasteiger partial charge in [-0.2, -0.15) is 0 Å². The average Bonchev–Trinajstić information content (AvgIpc) is 2.59. The molecule has 5 nitrogen and oxygen atoms in total. The zero-order chi connectivity index (χ0) is 12.4. The summed E-state index contributed by atoms with van der Waals surface area (Å²) in [4.78, 5) is 14.0. The second-order valence-corrected chi connectivity index (χ2v) is 4.24. The summed E-state index contributed by atoms with van der Waals surface area (Å²) in [5.74, 6) is 0. The van der Waals surface area contributed by atoms with E-state index < -0.39 is 6.03 Å². The van der Waals surface area contributed by atoms with E-state index in [1.807, 2.05) is 25.3 Å².